The van der Waals surface area contributed by atoms with Gasteiger partial charge in [0.05, 0.1) is 5.60 Å². The molecule has 5 atom stereocenters. The molecule has 5 unspecified atom stereocenters. The van der Waals surface area contributed by atoms with Crippen LogP contribution in [0, 0.1) is 29.1 Å². The highest BCUT2D eigenvalue weighted by molar-refractivity contribution is 5.00. The number of rotatable bonds is 8. The second-order valence-electron chi connectivity index (χ2n) is 8.51. The van der Waals surface area contributed by atoms with Gasteiger partial charge in [0, 0.05) is 7.11 Å². The van der Waals surface area contributed by atoms with E-state index in [0.29, 0.717) is 11.3 Å². The first-order valence-corrected chi connectivity index (χ1v) is 9.85. The van der Waals surface area contributed by atoms with Gasteiger partial charge in [-0.2, -0.15) is 0 Å². The first-order valence-electron chi connectivity index (χ1n) is 9.85. The van der Waals surface area contributed by atoms with E-state index in [1.807, 2.05) is 7.11 Å². The van der Waals surface area contributed by atoms with Gasteiger partial charge >= 0.3 is 0 Å². The second kappa shape index (κ2) is 8.18. The smallest absolute Gasteiger partial charge is 0.0681 e. The van der Waals surface area contributed by atoms with Crippen LogP contribution in [-0.4, -0.2) is 12.7 Å². The fourth-order valence-corrected chi connectivity index (χ4v) is 5.41. The summed E-state index contributed by atoms with van der Waals surface area (Å²) in [4.78, 5) is 0. The Hall–Kier alpha value is -0.0400. The van der Waals surface area contributed by atoms with E-state index < -0.39 is 0 Å². The summed E-state index contributed by atoms with van der Waals surface area (Å²) in [5.41, 5.74) is 0.577. The Labute approximate surface area is 140 Å². The Balaban J connectivity index is 3.11. The maximum absolute atomic E-state index is 6.02. The molecule has 1 nitrogen and oxygen atoms in total. The largest absolute Gasteiger partial charge is 0.378 e. The molecular formula is C21H42O. The molecule has 0 aromatic heterocycles. The SMILES string of the molecule is CCCCC(C)(C(C)C)C1CCC(C)(OC)C(CC)C1CC. The number of hydrogen-bond acceptors (Lipinski definition) is 1. The van der Waals surface area contributed by atoms with Crippen molar-refractivity contribution in [2.45, 2.75) is 99.0 Å². The third-order valence-electron chi connectivity index (χ3n) is 7.38. The molecule has 0 radical (unpaired) electrons. The first kappa shape index (κ1) is 20.0. The highest BCUT2D eigenvalue weighted by Gasteiger charge is 2.50. The molecule has 132 valence electrons. The Bertz CT molecular complexity index is 324. The summed E-state index contributed by atoms with van der Waals surface area (Å²) >= 11 is 0. The molecular weight excluding hydrogens is 268 g/mol. The summed E-state index contributed by atoms with van der Waals surface area (Å²) < 4.78 is 6.02. The van der Waals surface area contributed by atoms with E-state index in [1.165, 1.54) is 44.9 Å². The molecule has 1 saturated carbocycles. The van der Waals surface area contributed by atoms with Crippen molar-refractivity contribution in [3.63, 3.8) is 0 Å². The van der Waals surface area contributed by atoms with Gasteiger partial charge in [0.15, 0.2) is 0 Å². The van der Waals surface area contributed by atoms with Gasteiger partial charge < -0.3 is 4.74 Å². The monoisotopic (exact) mass is 310 g/mol. The van der Waals surface area contributed by atoms with Crippen LogP contribution in [0.4, 0.5) is 0 Å². The van der Waals surface area contributed by atoms with E-state index in [9.17, 15) is 0 Å². The average Bonchev–Trinajstić information content (AvgIpc) is 2.51. The van der Waals surface area contributed by atoms with Gasteiger partial charge in [0.25, 0.3) is 0 Å². The number of ether oxygens (including phenoxy) is 1. The van der Waals surface area contributed by atoms with Gasteiger partial charge in [0.2, 0.25) is 0 Å². The number of methoxy groups -OCH3 is 1. The molecule has 1 rings (SSSR count). The third kappa shape index (κ3) is 3.71. The van der Waals surface area contributed by atoms with Crippen molar-refractivity contribution < 1.29 is 4.74 Å². The van der Waals surface area contributed by atoms with Gasteiger partial charge in [-0.25, -0.2) is 0 Å². The van der Waals surface area contributed by atoms with Gasteiger partial charge in [-0.1, -0.05) is 67.2 Å². The van der Waals surface area contributed by atoms with E-state index >= 15 is 0 Å². The maximum atomic E-state index is 6.02. The van der Waals surface area contributed by atoms with Crippen LogP contribution in [0.25, 0.3) is 0 Å². The fourth-order valence-electron chi connectivity index (χ4n) is 5.41. The predicted octanol–water partition coefficient (Wildman–Crippen LogP) is 6.71. The van der Waals surface area contributed by atoms with Crippen LogP contribution in [-0.2, 0) is 4.74 Å². The van der Waals surface area contributed by atoms with Crippen LogP contribution in [0.1, 0.15) is 93.4 Å². The topological polar surface area (TPSA) is 9.23 Å². The summed E-state index contributed by atoms with van der Waals surface area (Å²) in [6.45, 7) is 17.0. The molecule has 0 aromatic carbocycles. The molecule has 0 spiro atoms. The van der Waals surface area contributed by atoms with Gasteiger partial charge in [-0.3, -0.25) is 0 Å². The van der Waals surface area contributed by atoms with Gasteiger partial charge in [-0.15, -0.1) is 0 Å². The van der Waals surface area contributed by atoms with Crippen LogP contribution in [0.3, 0.4) is 0 Å². The summed E-state index contributed by atoms with van der Waals surface area (Å²) in [5.74, 6) is 3.15. The minimum absolute atomic E-state index is 0.0918. The minimum Gasteiger partial charge on any atom is -0.378 e. The fraction of sp³-hybridized carbons (Fsp3) is 1.00. The summed E-state index contributed by atoms with van der Waals surface area (Å²) in [7, 11) is 1.93. The predicted molar refractivity (Wildman–Crippen MR) is 98.2 cm³/mol. The summed E-state index contributed by atoms with van der Waals surface area (Å²) in [6, 6.07) is 0. The molecule has 0 bridgehead atoms. The molecule has 0 amide bonds. The van der Waals surface area contributed by atoms with Crippen LogP contribution in [0.15, 0.2) is 0 Å². The molecule has 0 aliphatic heterocycles. The molecule has 1 aliphatic carbocycles. The van der Waals surface area contributed by atoms with E-state index in [-0.39, 0.29) is 5.60 Å². The molecule has 0 N–H and O–H groups in total. The van der Waals surface area contributed by atoms with Crippen LogP contribution in [0.2, 0.25) is 0 Å². The maximum Gasteiger partial charge on any atom is 0.0681 e. The van der Waals surface area contributed by atoms with E-state index in [4.69, 9.17) is 4.74 Å². The average molecular weight is 311 g/mol. The zero-order chi connectivity index (χ0) is 17.0. The van der Waals surface area contributed by atoms with Crippen LogP contribution in [0.5, 0.6) is 0 Å². The second-order valence-corrected chi connectivity index (χ2v) is 8.51. The molecule has 1 heteroatoms. The van der Waals surface area contributed by atoms with Crippen molar-refractivity contribution in [2.75, 3.05) is 7.11 Å². The van der Waals surface area contributed by atoms with Gasteiger partial charge in [0.1, 0.15) is 0 Å². The Morgan fingerprint density at radius 1 is 1.18 bits per heavy atom. The lowest BCUT2D eigenvalue weighted by Crippen LogP contribution is -2.52. The minimum atomic E-state index is 0.0918. The van der Waals surface area contributed by atoms with Crippen LogP contribution >= 0.6 is 0 Å². The quantitative estimate of drug-likeness (QED) is 0.484. The van der Waals surface area contributed by atoms with E-state index in [1.54, 1.807) is 0 Å². The number of hydrogen-bond donors (Lipinski definition) is 0. The molecule has 0 heterocycles. The summed E-state index contributed by atoms with van der Waals surface area (Å²) in [6.07, 6.45) is 9.22. The Kier molecular flexibility index (Phi) is 7.43. The normalized spacial score (nSPS) is 35.6. The Morgan fingerprint density at radius 2 is 1.82 bits per heavy atom. The van der Waals surface area contributed by atoms with Crippen molar-refractivity contribution in [3.8, 4) is 0 Å². The van der Waals surface area contributed by atoms with Gasteiger partial charge in [-0.05, 0) is 55.3 Å². The summed E-state index contributed by atoms with van der Waals surface area (Å²) in [5, 5.41) is 0. The van der Waals surface area contributed by atoms with Crippen molar-refractivity contribution in [2.24, 2.45) is 29.1 Å². The molecule has 0 aromatic rings. The van der Waals surface area contributed by atoms with E-state index in [0.717, 1.165) is 17.8 Å². The lowest BCUT2D eigenvalue weighted by molar-refractivity contribution is -0.135. The first-order chi connectivity index (χ1) is 10.3. The van der Waals surface area contributed by atoms with E-state index in [2.05, 4.69) is 48.5 Å². The standard InChI is InChI=1S/C21H42O/c1-9-12-14-20(6,16(4)5)19-13-15-21(7,22-8)18(11-3)17(19)10-2/h16-19H,9-15H2,1-8H3. The lowest BCUT2D eigenvalue weighted by Gasteiger charge is -2.55. The zero-order valence-corrected chi connectivity index (χ0v) is 16.7. The number of unbranched alkanes of at least 4 members (excludes halogenated alkanes) is 1. The van der Waals surface area contributed by atoms with Crippen molar-refractivity contribution in [1.82, 2.24) is 0 Å². The van der Waals surface area contributed by atoms with Crippen molar-refractivity contribution >= 4 is 0 Å². The molecule has 1 fully saturated rings. The van der Waals surface area contributed by atoms with Crippen molar-refractivity contribution in [3.05, 3.63) is 0 Å². The highest BCUT2D eigenvalue weighted by Crippen LogP contribution is 2.55. The molecule has 22 heavy (non-hydrogen) atoms. The van der Waals surface area contributed by atoms with Crippen molar-refractivity contribution in [1.29, 1.82) is 0 Å². The molecule has 0 saturated heterocycles. The highest BCUT2D eigenvalue weighted by atomic mass is 16.5. The zero-order valence-electron chi connectivity index (χ0n) is 16.7. The third-order valence-corrected chi connectivity index (χ3v) is 7.38. The molecule has 1 aliphatic rings. The Morgan fingerprint density at radius 3 is 2.23 bits per heavy atom. The van der Waals surface area contributed by atoms with Crippen LogP contribution < -0.4 is 0 Å². The lowest BCUT2D eigenvalue weighted by atomic mass is 9.52.